The topological polar surface area (TPSA) is 49.6 Å². The van der Waals surface area contributed by atoms with E-state index in [0.29, 0.717) is 5.56 Å². The van der Waals surface area contributed by atoms with Gasteiger partial charge in [-0.05, 0) is 29.7 Å². The van der Waals surface area contributed by atoms with Gasteiger partial charge in [0.1, 0.15) is 11.9 Å². The predicted octanol–water partition coefficient (Wildman–Crippen LogP) is 3.89. The number of aromatic nitrogens is 2. The first-order valence-electron chi connectivity index (χ1n) is 4.93. The van der Waals surface area contributed by atoms with Crippen LogP contribution in [0.2, 0.25) is 0 Å². The summed E-state index contributed by atoms with van der Waals surface area (Å²) in [6.07, 6.45) is 0.834. The smallest absolute Gasteiger partial charge is 0.174 e. The molecular weight excluding hydrogens is 318 g/mol. The van der Waals surface area contributed by atoms with Crippen molar-refractivity contribution in [1.29, 1.82) is 5.26 Å². The molecule has 0 aliphatic carbocycles. The number of rotatable bonds is 3. The molecule has 2 rings (SSSR count). The van der Waals surface area contributed by atoms with E-state index < -0.39 is 0 Å². The second-order valence-corrected chi connectivity index (χ2v) is 6.14. The maximum Gasteiger partial charge on any atom is 0.174 e. The van der Waals surface area contributed by atoms with E-state index in [1.807, 2.05) is 19.1 Å². The van der Waals surface area contributed by atoms with Gasteiger partial charge in [0.2, 0.25) is 0 Å². The van der Waals surface area contributed by atoms with Gasteiger partial charge in [-0.2, -0.15) is 9.64 Å². The molecule has 0 spiro atoms. The summed E-state index contributed by atoms with van der Waals surface area (Å²) in [5, 5.41) is 9.03. The van der Waals surface area contributed by atoms with Crippen molar-refractivity contribution in [2.45, 2.75) is 22.6 Å². The van der Waals surface area contributed by atoms with E-state index in [9.17, 15) is 0 Å². The lowest BCUT2D eigenvalue weighted by Gasteiger charge is -2.00. The molecule has 0 aliphatic rings. The summed E-state index contributed by atoms with van der Waals surface area (Å²) < 4.78 is 6.05. The highest BCUT2D eigenvalue weighted by Gasteiger charge is 2.09. The highest BCUT2D eigenvalue weighted by atomic mass is 79.9. The number of hydrogen-bond acceptors (Lipinski definition) is 5. The standard InChI is InChI=1S/C11H8BrN3S2/c1-2-10-14-11(17-15-10)16-9-5-8(12)4-3-7(9)6-13/h3-5H,2H2,1H3. The zero-order valence-electron chi connectivity index (χ0n) is 8.98. The molecule has 2 aromatic rings. The van der Waals surface area contributed by atoms with Crippen LogP contribution in [0.3, 0.4) is 0 Å². The Kier molecular flexibility index (Phi) is 4.15. The van der Waals surface area contributed by atoms with Crippen LogP contribution in [0.15, 0.2) is 31.9 Å². The van der Waals surface area contributed by atoms with E-state index in [1.165, 1.54) is 23.3 Å². The molecule has 0 aliphatic heterocycles. The third-order valence-corrected chi connectivity index (χ3v) is 4.37. The average molecular weight is 326 g/mol. The lowest BCUT2D eigenvalue weighted by Crippen LogP contribution is -1.83. The van der Waals surface area contributed by atoms with Crippen LogP contribution in [0.4, 0.5) is 0 Å². The van der Waals surface area contributed by atoms with Crippen LogP contribution in [-0.4, -0.2) is 9.36 Å². The van der Waals surface area contributed by atoms with Gasteiger partial charge in [0.05, 0.1) is 5.56 Å². The fraction of sp³-hybridized carbons (Fsp3) is 0.182. The SMILES string of the molecule is CCc1nsc(Sc2cc(Br)ccc2C#N)n1. The Balaban J connectivity index is 2.29. The van der Waals surface area contributed by atoms with Crippen LogP contribution in [-0.2, 0) is 6.42 Å². The van der Waals surface area contributed by atoms with Crippen molar-refractivity contribution < 1.29 is 0 Å². The third kappa shape index (κ3) is 3.06. The molecule has 1 aromatic heterocycles. The van der Waals surface area contributed by atoms with E-state index >= 15 is 0 Å². The van der Waals surface area contributed by atoms with E-state index in [0.717, 1.165) is 26.0 Å². The summed E-state index contributed by atoms with van der Waals surface area (Å²) >= 11 is 6.26. The van der Waals surface area contributed by atoms with Gasteiger partial charge >= 0.3 is 0 Å². The second kappa shape index (κ2) is 5.63. The molecule has 1 heterocycles. The molecule has 0 radical (unpaired) electrons. The molecular formula is C11H8BrN3S2. The van der Waals surface area contributed by atoms with Gasteiger partial charge in [-0.3, -0.25) is 0 Å². The number of nitrogens with zero attached hydrogens (tertiary/aromatic N) is 3. The molecule has 3 nitrogen and oxygen atoms in total. The van der Waals surface area contributed by atoms with Gasteiger partial charge in [-0.15, -0.1) is 0 Å². The molecule has 0 saturated heterocycles. The summed E-state index contributed by atoms with van der Waals surface area (Å²) in [6, 6.07) is 7.77. The molecule has 0 amide bonds. The van der Waals surface area contributed by atoms with Gasteiger partial charge in [0, 0.05) is 15.8 Å². The number of aryl methyl sites for hydroxylation is 1. The monoisotopic (exact) mass is 325 g/mol. The van der Waals surface area contributed by atoms with E-state index in [1.54, 1.807) is 6.07 Å². The van der Waals surface area contributed by atoms with E-state index in [4.69, 9.17) is 5.26 Å². The van der Waals surface area contributed by atoms with Gasteiger partial charge in [-0.25, -0.2) is 4.98 Å². The first kappa shape index (κ1) is 12.6. The highest BCUT2D eigenvalue weighted by Crippen LogP contribution is 2.33. The first-order chi connectivity index (χ1) is 8.22. The lowest BCUT2D eigenvalue weighted by molar-refractivity contribution is 0.971. The van der Waals surface area contributed by atoms with Crippen molar-refractivity contribution in [3.63, 3.8) is 0 Å². The molecule has 0 N–H and O–H groups in total. The predicted molar refractivity (Wildman–Crippen MR) is 72.3 cm³/mol. The van der Waals surface area contributed by atoms with Crippen LogP contribution >= 0.6 is 39.2 Å². The first-order valence-corrected chi connectivity index (χ1v) is 7.31. The minimum Gasteiger partial charge on any atom is -0.213 e. The Morgan fingerprint density at radius 1 is 1.53 bits per heavy atom. The molecule has 0 unspecified atom stereocenters. The van der Waals surface area contributed by atoms with Crippen molar-refractivity contribution in [3.8, 4) is 6.07 Å². The van der Waals surface area contributed by atoms with Crippen LogP contribution in [0.25, 0.3) is 0 Å². The van der Waals surface area contributed by atoms with Crippen LogP contribution in [0.1, 0.15) is 18.3 Å². The minimum atomic E-state index is 0.659. The fourth-order valence-electron chi connectivity index (χ4n) is 1.19. The summed E-state index contributed by atoms with van der Waals surface area (Å²) in [6.45, 7) is 2.02. The van der Waals surface area contributed by atoms with Crippen molar-refractivity contribution >= 4 is 39.2 Å². The zero-order valence-corrected chi connectivity index (χ0v) is 12.2. The molecule has 17 heavy (non-hydrogen) atoms. The van der Waals surface area contributed by atoms with Crippen molar-refractivity contribution in [2.75, 3.05) is 0 Å². The van der Waals surface area contributed by atoms with Gasteiger partial charge in [-0.1, -0.05) is 34.6 Å². The average Bonchev–Trinajstić information content (AvgIpc) is 2.77. The number of nitriles is 1. The number of hydrogen-bond donors (Lipinski definition) is 0. The molecule has 0 fully saturated rings. The van der Waals surface area contributed by atoms with Gasteiger partial charge in [0.15, 0.2) is 4.34 Å². The number of halogens is 1. The molecule has 86 valence electrons. The second-order valence-electron chi connectivity index (χ2n) is 3.18. The van der Waals surface area contributed by atoms with Crippen LogP contribution < -0.4 is 0 Å². The van der Waals surface area contributed by atoms with E-state index in [-0.39, 0.29) is 0 Å². The normalized spacial score (nSPS) is 10.2. The zero-order chi connectivity index (χ0) is 12.3. The van der Waals surface area contributed by atoms with Crippen LogP contribution in [0.5, 0.6) is 0 Å². The highest BCUT2D eigenvalue weighted by molar-refractivity contribution is 9.10. The third-order valence-electron chi connectivity index (χ3n) is 2.03. The van der Waals surface area contributed by atoms with Crippen LogP contribution in [0, 0.1) is 11.3 Å². The van der Waals surface area contributed by atoms with Crippen molar-refractivity contribution in [1.82, 2.24) is 9.36 Å². The van der Waals surface area contributed by atoms with Gasteiger partial charge in [0.25, 0.3) is 0 Å². The summed E-state index contributed by atoms with van der Waals surface area (Å²) in [5.41, 5.74) is 0.659. The lowest BCUT2D eigenvalue weighted by atomic mass is 10.2. The van der Waals surface area contributed by atoms with Gasteiger partial charge < -0.3 is 0 Å². The quantitative estimate of drug-likeness (QED) is 0.859. The van der Waals surface area contributed by atoms with Crippen molar-refractivity contribution in [3.05, 3.63) is 34.1 Å². The van der Waals surface area contributed by atoms with E-state index in [2.05, 4.69) is 31.4 Å². The Morgan fingerprint density at radius 2 is 2.35 bits per heavy atom. The van der Waals surface area contributed by atoms with Crippen molar-refractivity contribution in [2.24, 2.45) is 0 Å². The summed E-state index contributed by atoms with van der Waals surface area (Å²) in [4.78, 5) is 5.28. The molecule has 1 aromatic carbocycles. The summed E-state index contributed by atoms with van der Waals surface area (Å²) in [7, 11) is 0. The largest absolute Gasteiger partial charge is 0.213 e. The number of benzene rings is 1. The molecule has 0 atom stereocenters. The molecule has 6 heteroatoms. The molecule has 0 bridgehead atoms. The summed E-state index contributed by atoms with van der Waals surface area (Å²) in [5.74, 6) is 0.853. The Labute approximate surface area is 116 Å². The Hall–Kier alpha value is -0.900. The molecule has 0 saturated carbocycles. The Bertz CT molecular complexity index is 574. The maximum absolute atomic E-state index is 9.03. The Morgan fingerprint density at radius 3 is 3.00 bits per heavy atom. The minimum absolute atomic E-state index is 0.659. The fourth-order valence-corrected chi connectivity index (χ4v) is 3.48. The maximum atomic E-state index is 9.03.